The van der Waals surface area contributed by atoms with E-state index in [1.165, 1.54) is 11.1 Å². The van der Waals surface area contributed by atoms with Crippen molar-refractivity contribution in [2.75, 3.05) is 20.6 Å². The van der Waals surface area contributed by atoms with Crippen LogP contribution in [0.5, 0.6) is 0 Å². The Hall–Kier alpha value is -1.39. The minimum Gasteiger partial charge on any atom is -0.389 e. The maximum absolute atomic E-state index is 12.1. The number of likely N-dealkylation sites (N-methyl/N-ethyl adjacent to an activating group) is 1. The Morgan fingerprint density at radius 2 is 1.86 bits per heavy atom. The lowest BCUT2D eigenvalue weighted by atomic mass is 9.97. The molecule has 22 heavy (non-hydrogen) atoms. The first-order valence-corrected chi connectivity index (χ1v) is 8.12. The molecule has 0 bridgehead atoms. The van der Waals surface area contributed by atoms with Crippen LogP contribution in [0.1, 0.15) is 49.3 Å². The van der Waals surface area contributed by atoms with Crippen LogP contribution < -0.4 is 5.32 Å². The summed E-state index contributed by atoms with van der Waals surface area (Å²) in [5.41, 5.74) is 1.64. The largest absolute Gasteiger partial charge is 0.389 e. The van der Waals surface area contributed by atoms with Crippen LogP contribution in [0.25, 0.3) is 0 Å². The van der Waals surface area contributed by atoms with Crippen LogP contribution in [0.3, 0.4) is 0 Å². The molecule has 1 atom stereocenters. The van der Waals surface area contributed by atoms with Crippen LogP contribution in [-0.4, -0.2) is 42.2 Å². The van der Waals surface area contributed by atoms with Gasteiger partial charge in [-0.25, -0.2) is 0 Å². The molecule has 1 aromatic rings. The summed E-state index contributed by atoms with van der Waals surface area (Å²) in [5.74, 6) is -0.0524. The zero-order valence-electron chi connectivity index (χ0n) is 13.9. The number of aliphatic hydroxyl groups is 1. The highest BCUT2D eigenvalue weighted by atomic mass is 16.3. The third kappa shape index (κ3) is 4.55. The molecule has 1 aliphatic rings. The first kappa shape index (κ1) is 17.0. The predicted molar refractivity (Wildman–Crippen MR) is 88.7 cm³/mol. The maximum Gasteiger partial charge on any atom is 0.222 e. The Morgan fingerprint density at radius 1 is 1.27 bits per heavy atom. The average molecular weight is 304 g/mol. The Bertz CT molecular complexity index is 490. The van der Waals surface area contributed by atoms with E-state index in [1.54, 1.807) is 0 Å². The van der Waals surface area contributed by atoms with Crippen molar-refractivity contribution in [2.45, 2.75) is 50.7 Å². The number of nitrogens with zero attached hydrogens (tertiary/aromatic N) is 1. The normalized spacial score (nSPS) is 18.4. The molecular weight excluding hydrogens is 276 g/mol. The van der Waals surface area contributed by atoms with Crippen LogP contribution in [0.15, 0.2) is 24.3 Å². The van der Waals surface area contributed by atoms with Gasteiger partial charge in [0, 0.05) is 6.54 Å². The standard InChI is InChI=1S/C18H28N2O2/c1-14-6-8-15(9-7-14)16(20(2)3)13-19-17(21)12-18(22)10-4-5-11-18/h6-9,16,22H,4-5,10-13H2,1-3H3,(H,19,21). The third-order valence-electron chi connectivity index (χ3n) is 4.60. The van der Waals surface area contributed by atoms with Gasteiger partial charge in [-0.2, -0.15) is 0 Å². The van der Waals surface area contributed by atoms with Crippen molar-refractivity contribution in [3.63, 3.8) is 0 Å². The van der Waals surface area contributed by atoms with Crippen LogP contribution in [0.2, 0.25) is 0 Å². The molecule has 0 radical (unpaired) electrons. The number of rotatable bonds is 6. The summed E-state index contributed by atoms with van der Waals surface area (Å²) in [6.45, 7) is 2.63. The van der Waals surface area contributed by atoms with Crippen LogP contribution in [-0.2, 0) is 4.79 Å². The van der Waals surface area contributed by atoms with Crippen LogP contribution >= 0.6 is 0 Å². The van der Waals surface area contributed by atoms with E-state index in [0.717, 1.165) is 25.7 Å². The van der Waals surface area contributed by atoms with Crippen molar-refractivity contribution in [2.24, 2.45) is 0 Å². The fourth-order valence-electron chi connectivity index (χ4n) is 3.17. The van der Waals surface area contributed by atoms with Crippen molar-refractivity contribution in [1.29, 1.82) is 0 Å². The number of carbonyl (C=O) groups is 1. The lowest BCUT2D eigenvalue weighted by molar-refractivity contribution is -0.126. The molecule has 122 valence electrons. The first-order valence-electron chi connectivity index (χ1n) is 8.12. The lowest BCUT2D eigenvalue weighted by Crippen LogP contribution is -2.38. The maximum atomic E-state index is 12.1. The summed E-state index contributed by atoms with van der Waals surface area (Å²) in [5, 5.41) is 13.3. The molecule has 0 heterocycles. The topological polar surface area (TPSA) is 52.6 Å². The average Bonchev–Trinajstić information content (AvgIpc) is 2.87. The molecule has 0 spiro atoms. The molecule has 0 saturated heterocycles. The lowest BCUT2D eigenvalue weighted by Gasteiger charge is -2.26. The van der Waals surface area contributed by atoms with E-state index in [2.05, 4.69) is 41.4 Å². The summed E-state index contributed by atoms with van der Waals surface area (Å²) in [6.07, 6.45) is 3.76. The molecule has 2 N–H and O–H groups in total. The SMILES string of the molecule is Cc1ccc(C(CNC(=O)CC2(O)CCCC2)N(C)C)cc1. The smallest absolute Gasteiger partial charge is 0.222 e. The molecule has 1 aromatic carbocycles. The number of hydrogen-bond acceptors (Lipinski definition) is 3. The molecule has 4 nitrogen and oxygen atoms in total. The second-order valence-corrected chi connectivity index (χ2v) is 6.80. The number of aryl methyl sites for hydroxylation is 1. The molecule has 1 saturated carbocycles. The molecular formula is C18H28N2O2. The summed E-state index contributed by atoms with van der Waals surface area (Å²) < 4.78 is 0. The van der Waals surface area contributed by atoms with Crippen LogP contribution in [0.4, 0.5) is 0 Å². The monoisotopic (exact) mass is 304 g/mol. The molecule has 0 aliphatic heterocycles. The minimum absolute atomic E-state index is 0.0524. The van der Waals surface area contributed by atoms with Crippen molar-refractivity contribution in [3.05, 3.63) is 35.4 Å². The van der Waals surface area contributed by atoms with E-state index < -0.39 is 5.60 Å². The minimum atomic E-state index is -0.776. The molecule has 1 unspecified atom stereocenters. The molecule has 0 aromatic heterocycles. The number of hydrogen-bond donors (Lipinski definition) is 2. The van der Waals surface area contributed by atoms with Crippen LogP contribution in [0, 0.1) is 6.92 Å². The fourth-order valence-corrected chi connectivity index (χ4v) is 3.17. The summed E-state index contributed by atoms with van der Waals surface area (Å²) in [7, 11) is 4.03. The van der Waals surface area contributed by atoms with E-state index in [1.807, 2.05) is 14.1 Å². The molecule has 1 fully saturated rings. The Balaban J connectivity index is 1.91. The van der Waals surface area contributed by atoms with Gasteiger partial charge in [0.25, 0.3) is 0 Å². The number of amides is 1. The third-order valence-corrected chi connectivity index (χ3v) is 4.60. The zero-order chi connectivity index (χ0) is 16.2. The number of carbonyl (C=O) groups excluding carboxylic acids is 1. The molecule has 4 heteroatoms. The quantitative estimate of drug-likeness (QED) is 0.848. The Labute approximate surface area is 133 Å². The highest BCUT2D eigenvalue weighted by Gasteiger charge is 2.33. The summed E-state index contributed by atoms with van der Waals surface area (Å²) >= 11 is 0. The van der Waals surface area contributed by atoms with Gasteiger partial charge in [-0.05, 0) is 39.4 Å². The van der Waals surface area contributed by atoms with Gasteiger partial charge < -0.3 is 15.3 Å². The predicted octanol–water partition coefficient (Wildman–Crippen LogP) is 2.41. The van der Waals surface area contributed by atoms with Gasteiger partial charge >= 0.3 is 0 Å². The van der Waals surface area contributed by atoms with E-state index in [4.69, 9.17) is 0 Å². The van der Waals surface area contributed by atoms with E-state index >= 15 is 0 Å². The van der Waals surface area contributed by atoms with Crippen molar-refractivity contribution in [3.8, 4) is 0 Å². The van der Waals surface area contributed by atoms with Gasteiger partial charge in [0.1, 0.15) is 0 Å². The summed E-state index contributed by atoms with van der Waals surface area (Å²) in [4.78, 5) is 14.2. The molecule has 2 rings (SSSR count). The van der Waals surface area contributed by atoms with Crippen molar-refractivity contribution >= 4 is 5.91 Å². The highest BCUT2D eigenvalue weighted by Crippen LogP contribution is 2.32. The van der Waals surface area contributed by atoms with E-state index in [-0.39, 0.29) is 18.4 Å². The van der Waals surface area contributed by atoms with Gasteiger partial charge in [0.2, 0.25) is 5.91 Å². The van der Waals surface area contributed by atoms with Gasteiger partial charge in [0.05, 0.1) is 18.1 Å². The molecule has 1 aliphatic carbocycles. The highest BCUT2D eigenvalue weighted by molar-refractivity contribution is 5.77. The van der Waals surface area contributed by atoms with Crippen molar-refractivity contribution in [1.82, 2.24) is 10.2 Å². The van der Waals surface area contributed by atoms with E-state index in [9.17, 15) is 9.90 Å². The van der Waals surface area contributed by atoms with Gasteiger partial charge in [-0.3, -0.25) is 4.79 Å². The van der Waals surface area contributed by atoms with Gasteiger partial charge in [0.15, 0.2) is 0 Å². The van der Waals surface area contributed by atoms with E-state index in [0.29, 0.717) is 6.54 Å². The van der Waals surface area contributed by atoms with Crippen molar-refractivity contribution < 1.29 is 9.90 Å². The fraction of sp³-hybridized carbons (Fsp3) is 0.611. The molecule has 1 amide bonds. The first-order chi connectivity index (χ1) is 10.4. The van der Waals surface area contributed by atoms with Gasteiger partial charge in [-0.1, -0.05) is 42.7 Å². The summed E-state index contributed by atoms with van der Waals surface area (Å²) in [6, 6.07) is 8.54. The second-order valence-electron chi connectivity index (χ2n) is 6.80. The van der Waals surface area contributed by atoms with Gasteiger partial charge in [-0.15, -0.1) is 0 Å². The Kier molecular flexibility index (Phi) is 5.59. The Morgan fingerprint density at radius 3 is 2.41 bits per heavy atom. The zero-order valence-corrected chi connectivity index (χ0v) is 13.9. The number of nitrogens with one attached hydrogen (secondary N) is 1. The second kappa shape index (κ2) is 7.25. The number of benzene rings is 1.